The molecule has 4 heterocycles. The van der Waals surface area contributed by atoms with Crippen molar-refractivity contribution in [2.75, 3.05) is 50.7 Å². The molecule has 2 aliphatic rings. The third-order valence-corrected chi connectivity index (χ3v) is 6.06. The molecule has 2 saturated heterocycles. The Kier molecular flexibility index (Phi) is 6.39. The van der Waals surface area contributed by atoms with Gasteiger partial charge in [0.05, 0.1) is 6.42 Å². The van der Waals surface area contributed by atoms with Gasteiger partial charge in [0.1, 0.15) is 5.82 Å². The molecule has 0 saturated carbocycles. The number of amides is 1. The quantitative estimate of drug-likeness (QED) is 0.781. The van der Waals surface area contributed by atoms with Crippen molar-refractivity contribution >= 4 is 11.7 Å². The lowest BCUT2D eigenvalue weighted by atomic mass is 9.96. The molecular weight excluding hydrogens is 362 g/mol. The highest BCUT2D eigenvalue weighted by Crippen LogP contribution is 2.20. The molecule has 1 atom stereocenters. The molecule has 2 aromatic heterocycles. The Morgan fingerprint density at radius 1 is 1.07 bits per heavy atom. The van der Waals surface area contributed by atoms with Crippen LogP contribution in [0.4, 0.5) is 5.82 Å². The zero-order valence-corrected chi connectivity index (χ0v) is 17.3. The molecule has 2 aromatic rings. The van der Waals surface area contributed by atoms with E-state index in [1.165, 1.54) is 6.42 Å². The monoisotopic (exact) mass is 393 g/mol. The lowest BCUT2D eigenvalue weighted by Gasteiger charge is -2.39. The summed E-state index contributed by atoms with van der Waals surface area (Å²) in [6.07, 6.45) is 6.48. The Bertz CT molecular complexity index is 787. The van der Waals surface area contributed by atoms with Crippen molar-refractivity contribution in [1.82, 2.24) is 19.8 Å². The summed E-state index contributed by atoms with van der Waals surface area (Å²) in [7, 11) is 0. The van der Waals surface area contributed by atoms with Crippen LogP contribution in [0, 0.1) is 12.8 Å². The molecule has 0 radical (unpaired) electrons. The third kappa shape index (κ3) is 5.32. The number of nitrogens with zero attached hydrogens (tertiary/aromatic N) is 5. The summed E-state index contributed by atoms with van der Waals surface area (Å²) in [5.41, 5.74) is 2.00. The summed E-state index contributed by atoms with van der Waals surface area (Å²) in [6, 6.07) is 10.1. The minimum Gasteiger partial charge on any atom is -0.354 e. The van der Waals surface area contributed by atoms with Crippen LogP contribution in [-0.4, -0.2) is 71.5 Å². The van der Waals surface area contributed by atoms with Gasteiger partial charge in [0.25, 0.3) is 0 Å². The molecule has 6 nitrogen and oxygen atoms in total. The average molecular weight is 394 g/mol. The number of anilines is 1. The third-order valence-electron chi connectivity index (χ3n) is 6.06. The zero-order chi connectivity index (χ0) is 20.1. The van der Waals surface area contributed by atoms with Crippen LogP contribution < -0.4 is 4.90 Å². The fourth-order valence-electron chi connectivity index (χ4n) is 4.40. The van der Waals surface area contributed by atoms with Crippen molar-refractivity contribution in [2.24, 2.45) is 5.92 Å². The van der Waals surface area contributed by atoms with Gasteiger partial charge in [0.15, 0.2) is 0 Å². The minimum absolute atomic E-state index is 0.236. The highest BCUT2D eigenvalue weighted by Gasteiger charge is 2.27. The summed E-state index contributed by atoms with van der Waals surface area (Å²) in [6.45, 7) is 9.01. The van der Waals surface area contributed by atoms with Crippen LogP contribution in [0.15, 0.2) is 42.7 Å². The van der Waals surface area contributed by atoms with Gasteiger partial charge >= 0.3 is 0 Å². The minimum atomic E-state index is 0.236. The predicted octanol–water partition coefficient (Wildman–Crippen LogP) is 2.39. The molecular formula is C23H31N5O. The van der Waals surface area contributed by atoms with Gasteiger partial charge in [-0.05, 0) is 49.4 Å². The van der Waals surface area contributed by atoms with Gasteiger partial charge < -0.3 is 9.80 Å². The maximum Gasteiger partial charge on any atom is 0.227 e. The molecule has 0 N–H and O–H groups in total. The Balaban J connectivity index is 1.25. The zero-order valence-electron chi connectivity index (χ0n) is 17.3. The summed E-state index contributed by atoms with van der Waals surface area (Å²) in [4.78, 5) is 28.5. The fraction of sp³-hybridized carbons (Fsp3) is 0.522. The first-order valence-corrected chi connectivity index (χ1v) is 10.7. The van der Waals surface area contributed by atoms with E-state index in [-0.39, 0.29) is 5.91 Å². The highest BCUT2D eigenvalue weighted by molar-refractivity contribution is 5.78. The number of pyridine rings is 2. The molecule has 0 aliphatic carbocycles. The van der Waals surface area contributed by atoms with E-state index in [1.54, 1.807) is 0 Å². The molecule has 0 bridgehead atoms. The van der Waals surface area contributed by atoms with Gasteiger partial charge in [-0.15, -0.1) is 0 Å². The van der Waals surface area contributed by atoms with E-state index in [0.717, 1.165) is 69.3 Å². The molecule has 2 aliphatic heterocycles. The SMILES string of the molecule is Cc1ccc(CC(=O)N2CCC[C@@H](CN3CCN(c4ccccn4)CC3)C2)cn1. The topological polar surface area (TPSA) is 52.6 Å². The van der Waals surface area contributed by atoms with Gasteiger partial charge in [-0.2, -0.15) is 0 Å². The van der Waals surface area contributed by atoms with E-state index in [1.807, 2.05) is 37.5 Å². The lowest BCUT2D eigenvalue weighted by molar-refractivity contribution is -0.132. The summed E-state index contributed by atoms with van der Waals surface area (Å²) in [5, 5.41) is 0. The van der Waals surface area contributed by atoms with Crippen molar-refractivity contribution in [3.05, 3.63) is 54.0 Å². The molecule has 0 aromatic carbocycles. The van der Waals surface area contributed by atoms with Gasteiger partial charge in [-0.25, -0.2) is 4.98 Å². The largest absolute Gasteiger partial charge is 0.354 e. The number of rotatable bonds is 5. The van der Waals surface area contributed by atoms with Crippen LogP contribution in [0.25, 0.3) is 0 Å². The Morgan fingerprint density at radius 3 is 2.66 bits per heavy atom. The second-order valence-electron chi connectivity index (χ2n) is 8.31. The molecule has 154 valence electrons. The number of piperazine rings is 1. The standard InChI is InChI=1S/C23H31N5O/c1-19-7-8-20(16-25-19)15-23(29)28-10-4-5-21(18-28)17-26-11-13-27(14-12-26)22-6-2-3-9-24-22/h2-3,6-9,16,21H,4-5,10-15,17-18H2,1H3/t21-/m0/s1. The molecule has 4 rings (SSSR count). The van der Waals surface area contributed by atoms with Crippen LogP contribution in [0.3, 0.4) is 0 Å². The molecule has 29 heavy (non-hydrogen) atoms. The Hall–Kier alpha value is -2.47. The van der Waals surface area contributed by atoms with E-state index in [2.05, 4.69) is 36.8 Å². The number of likely N-dealkylation sites (tertiary alicyclic amines) is 1. The van der Waals surface area contributed by atoms with Crippen LogP contribution in [0.2, 0.25) is 0 Å². The van der Waals surface area contributed by atoms with E-state index < -0.39 is 0 Å². The van der Waals surface area contributed by atoms with Crippen LogP contribution in [0.5, 0.6) is 0 Å². The first kappa shape index (κ1) is 19.8. The van der Waals surface area contributed by atoms with E-state index in [9.17, 15) is 4.79 Å². The van der Waals surface area contributed by atoms with E-state index in [4.69, 9.17) is 0 Å². The average Bonchev–Trinajstić information content (AvgIpc) is 2.77. The van der Waals surface area contributed by atoms with Crippen molar-refractivity contribution in [3.8, 4) is 0 Å². The number of aryl methyl sites for hydroxylation is 1. The van der Waals surface area contributed by atoms with Crippen molar-refractivity contribution in [1.29, 1.82) is 0 Å². The maximum absolute atomic E-state index is 12.8. The van der Waals surface area contributed by atoms with Crippen molar-refractivity contribution in [2.45, 2.75) is 26.2 Å². The van der Waals surface area contributed by atoms with Gasteiger partial charge in [-0.1, -0.05) is 12.1 Å². The summed E-state index contributed by atoms with van der Waals surface area (Å²) in [5.74, 6) is 1.89. The number of hydrogen-bond acceptors (Lipinski definition) is 5. The maximum atomic E-state index is 12.8. The van der Waals surface area contributed by atoms with E-state index in [0.29, 0.717) is 12.3 Å². The smallest absolute Gasteiger partial charge is 0.227 e. The lowest BCUT2D eigenvalue weighted by Crippen LogP contribution is -2.50. The molecule has 0 unspecified atom stereocenters. The van der Waals surface area contributed by atoms with Crippen LogP contribution in [-0.2, 0) is 11.2 Å². The number of aromatic nitrogens is 2. The van der Waals surface area contributed by atoms with Crippen LogP contribution >= 0.6 is 0 Å². The molecule has 1 amide bonds. The van der Waals surface area contributed by atoms with Crippen molar-refractivity contribution in [3.63, 3.8) is 0 Å². The number of carbonyl (C=O) groups is 1. The fourth-order valence-corrected chi connectivity index (χ4v) is 4.40. The molecule has 0 spiro atoms. The Morgan fingerprint density at radius 2 is 1.93 bits per heavy atom. The van der Waals surface area contributed by atoms with Crippen LogP contribution in [0.1, 0.15) is 24.1 Å². The number of carbonyl (C=O) groups excluding carboxylic acids is 1. The molecule has 6 heteroatoms. The Labute approximate surface area is 173 Å². The summed E-state index contributed by atoms with van der Waals surface area (Å²) >= 11 is 0. The molecule has 2 fully saturated rings. The summed E-state index contributed by atoms with van der Waals surface area (Å²) < 4.78 is 0. The van der Waals surface area contributed by atoms with E-state index >= 15 is 0 Å². The second kappa shape index (κ2) is 9.35. The second-order valence-corrected chi connectivity index (χ2v) is 8.31. The normalized spacial score (nSPS) is 20.7. The predicted molar refractivity (Wildman–Crippen MR) is 115 cm³/mol. The van der Waals surface area contributed by atoms with Gasteiger partial charge in [0, 0.05) is 63.9 Å². The highest BCUT2D eigenvalue weighted by atomic mass is 16.2. The number of hydrogen-bond donors (Lipinski definition) is 0. The first-order chi connectivity index (χ1) is 14.2. The first-order valence-electron chi connectivity index (χ1n) is 10.7. The van der Waals surface area contributed by atoms with Gasteiger partial charge in [0.2, 0.25) is 5.91 Å². The van der Waals surface area contributed by atoms with Crippen molar-refractivity contribution < 1.29 is 4.79 Å². The number of piperidine rings is 1. The van der Waals surface area contributed by atoms with Gasteiger partial charge in [-0.3, -0.25) is 14.7 Å².